The van der Waals surface area contributed by atoms with Crippen LogP contribution in [-0.2, 0) is 11.3 Å². The molecule has 1 saturated heterocycles. The summed E-state index contributed by atoms with van der Waals surface area (Å²) in [5.74, 6) is 0.741. The topological polar surface area (TPSA) is 65.9 Å². The van der Waals surface area contributed by atoms with E-state index in [2.05, 4.69) is 47.0 Å². The van der Waals surface area contributed by atoms with Crippen molar-refractivity contribution in [3.05, 3.63) is 29.3 Å². The SMILES string of the molecule is CCNC(=NCc1ccc(C)cc1SC)NCC1(O)CCOCC1. The molecule has 0 unspecified atom stereocenters. The molecule has 1 fully saturated rings. The number of aliphatic imine (C=N–C) groups is 1. The lowest BCUT2D eigenvalue weighted by atomic mass is 9.94. The first-order chi connectivity index (χ1) is 11.6. The van der Waals surface area contributed by atoms with E-state index in [1.807, 2.05) is 6.92 Å². The molecule has 0 amide bonds. The zero-order chi connectivity index (χ0) is 17.4. The molecular formula is C18H29N3O2S. The van der Waals surface area contributed by atoms with Crippen molar-refractivity contribution in [2.45, 2.75) is 43.7 Å². The van der Waals surface area contributed by atoms with Gasteiger partial charge in [-0.25, -0.2) is 4.99 Å². The first kappa shape index (κ1) is 19.1. The number of ether oxygens (including phenoxy) is 1. The average Bonchev–Trinajstić information content (AvgIpc) is 2.58. The van der Waals surface area contributed by atoms with Crippen molar-refractivity contribution in [1.29, 1.82) is 0 Å². The van der Waals surface area contributed by atoms with Gasteiger partial charge >= 0.3 is 0 Å². The van der Waals surface area contributed by atoms with Gasteiger partial charge in [-0.1, -0.05) is 12.1 Å². The zero-order valence-corrected chi connectivity index (χ0v) is 15.7. The second-order valence-corrected chi connectivity index (χ2v) is 7.05. The summed E-state index contributed by atoms with van der Waals surface area (Å²) in [5, 5.41) is 17.1. The van der Waals surface area contributed by atoms with Gasteiger partial charge in [0, 0.05) is 44.0 Å². The number of nitrogens with zero attached hydrogens (tertiary/aromatic N) is 1. The van der Waals surface area contributed by atoms with Gasteiger partial charge in [-0.05, 0) is 37.3 Å². The van der Waals surface area contributed by atoms with Crippen molar-refractivity contribution < 1.29 is 9.84 Å². The predicted molar refractivity (Wildman–Crippen MR) is 101 cm³/mol. The molecule has 1 aliphatic heterocycles. The number of aryl methyl sites for hydroxylation is 1. The standard InChI is InChI=1S/C18H29N3O2S/c1-4-19-17(21-13-18(22)7-9-23-10-8-18)20-12-15-6-5-14(2)11-16(15)24-3/h5-6,11,22H,4,7-10,12-13H2,1-3H3,(H2,19,20,21). The monoisotopic (exact) mass is 351 g/mol. The molecule has 1 aromatic rings. The third kappa shape index (κ3) is 5.69. The fourth-order valence-electron chi connectivity index (χ4n) is 2.66. The van der Waals surface area contributed by atoms with Crippen LogP contribution in [0.4, 0.5) is 0 Å². The predicted octanol–water partition coefficient (Wildman–Crippen LogP) is 2.31. The molecule has 0 radical (unpaired) electrons. The van der Waals surface area contributed by atoms with Crippen molar-refractivity contribution in [3.63, 3.8) is 0 Å². The summed E-state index contributed by atoms with van der Waals surface area (Å²) in [5.41, 5.74) is 1.77. The van der Waals surface area contributed by atoms with Gasteiger partial charge in [-0.3, -0.25) is 0 Å². The van der Waals surface area contributed by atoms with E-state index in [0.29, 0.717) is 39.1 Å². The van der Waals surface area contributed by atoms with E-state index in [1.54, 1.807) is 11.8 Å². The van der Waals surface area contributed by atoms with Crippen LogP contribution < -0.4 is 10.6 Å². The van der Waals surface area contributed by atoms with E-state index in [4.69, 9.17) is 4.74 Å². The molecule has 1 aliphatic rings. The molecular weight excluding hydrogens is 322 g/mol. The Balaban J connectivity index is 2.00. The highest BCUT2D eigenvalue weighted by Crippen LogP contribution is 2.22. The van der Waals surface area contributed by atoms with Gasteiger partial charge in [0.15, 0.2) is 5.96 Å². The number of rotatable bonds is 6. The van der Waals surface area contributed by atoms with Crippen LogP contribution in [0.3, 0.4) is 0 Å². The Morgan fingerprint density at radius 2 is 2.08 bits per heavy atom. The first-order valence-corrected chi connectivity index (χ1v) is 9.74. The number of guanidine groups is 1. The second kappa shape index (κ2) is 9.30. The van der Waals surface area contributed by atoms with Crippen LogP contribution in [0.25, 0.3) is 0 Å². The number of hydrogen-bond acceptors (Lipinski definition) is 4. The molecule has 0 aliphatic carbocycles. The molecule has 2 rings (SSSR count). The van der Waals surface area contributed by atoms with Crippen molar-refractivity contribution in [1.82, 2.24) is 10.6 Å². The minimum absolute atomic E-state index is 0.492. The molecule has 0 bridgehead atoms. The Morgan fingerprint density at radius 3 is 2.75 bits per heavy atom. The van der Waals surface area contributed by atoms with Crippen LogP contribution in [0.15, 0.2) is 28.1 Å². The molecule has 6 heteroatoms. The number of thioether (sulfide) groups is 1. The average molecular weight is 352 g/mol. The molecule has 24 heavy (non-hydrogen) atoms. The first-order valence-electron chi connectivity index (χ1n) is 8.52. The zero-order valence-electron chi connectivity index (χ0n) is 14.9. The van der Waals surface area contributed by atoms with Gasteiger partial charge in [0.2, 0.25) is 0 Å². The van der Waals surface area contributed by atoms with Crippen molar-refractivity contribution in [2.75, 3.05) is 32.6 Å². The summed E-state index contributed by atoms with van der Waals surface area (Å²) in [6, 6.07) is 6.45. The molecule has 134 valence electrons. The van der Waals surface area contributed by atoms with Crippen molar-refractivity contribution in [2.24, 2.45) is 4.99 Å². The summed E-state index contributed by atoms with van der Waals surface area (Å²) in [6.45, 7) is 7.28. The largest absolute Gasteiger partial charge is 0.388 e. The minimum Gasteiger partial charge on any atom is -0.388 e. The summed E-state index contributed by atoms with van der Waals surface area (Å²) in [6.07, 6.45) is 3.41. The van der Waals surface area contributed by atoms with E-state index < -0.39 is 5.60 Å². The number of aliphatic hydroxyl groups is 1. The summed E-state index contributed by atoms with van der Waals surface area (Å²) < 4.78 is 5.32. The number of hydrogen-bond donors (Lipinski definition) is 3. The smallest absolute Gasteiger partial charge is 0.191 e. The minimum atomic E-state index is -0.706. The van der Waals surface area contributed by atoms with Crippen LogP contribution in [0.1, 0.15) is 30.9 Å². The molecule has 0 atom stereocenters. The molecule has 0 spiro atoms. The Bertz CT molecular complexity index is 557. The molecule has 0 saturated carbocycles. The van der Waals surface area contributed by atoms with Gasteiger partial charge in [0.05, 0.1) is 12.1 Å². The van der Waals surface area contributed by atoms with Crippen LogP contribution in [0.5, 0.6) is 0 Å². The maximum atomic E-state index is 10.6. The molecule has 1 aromatic carbocycles. The van der Waals surface area contributed by atoms with E-state index >= 15 is 0 Å². The Morgan fingerprint density at radius 1 is 1.33 bits per heavy atom. The summed E-state index contributed by atoms with van der Waals surface area (Å²) in [7, 11) is 0. The maximum Gasteiger partial charge on any atom is 0.191 e. The fourth-order valence-corrected chi connectivity index (χ4v) is 3.36. The van der Waals surface area contributed by atoms with Crippen LogP contribution in [0, 0.1) is 6.92 Å². The lowest BCUT2D eigenvalue weighted by Crippen LogP contribution is -2.49. The highest BCUT2D eigenvalue weighted by Gasteiger charge is 2.29. The van der Waals surface area contributed by atoms with Crippen molar-refractivity contribution >= 4 is 17.7 Å². The Kier molecular flexibility index (Phi) is 7.40. The van der Waals surface area contributed by atoms with E-state index in [0.717, 1.165) is 12.5 Å². The van der Waals surface area contributed by atoms with E-state index in [-0.39, 0.29) is 0 Å². The lowest BCUT2D eigenvalue weighted by molar-refractivity contribution is -0.0594. The number of benzene rings is 1. The molecule has 3 N–H and O–H groups in total. The van der Waals surface area contributed by atoms with Crippen LogP contribution in [0.2, 0.25) is 0 Å². The second-order valence-electron chi connectivity index (χ2n) is 6.20. The van der Waals surface area contributed by atoms with Gasteiger partial charge in [-0.2, -0.15) is 0 Å². The van der Waals surface area contributed by atoms with E-state index in [9.17, 15) is 5.11 Å². The summed E-state index contributed by atoms with van der Waals surface area (Å²) in [4.78, 5) is 5.94. The van der Waals surface area contributed by atoms with Gasteiger partial charge in [0.1, 0.15) is 0 Å². The maximum absolute atomic E-state index is 10.6. The fraction of sp³-hybridized carbons (Fsp3) is 0.611. The Hall–Kier alpha value is -1.24. The quantitative estimate of drug-likeness (QED) is 0.417. The lowest BCUT2D eigenvalue weighted by Gasteiger charge is -2.32. The van der Waals surface area contributed by atoms with Crippen LogP contribution >= 0.6 is 11.8 Å². The van der Waals surface area contributed by atoms with Crippen molar-refractivity contribution in [3.8, 4) is 0 Å². The van der Waals surface area contributed by atoms with E-state index in [1.165, 1.54) is 16.0 Å². The molecule has 5 nitrogen and oxygen atoms in total. The van der Waals surface area contributed by atoms with Crippen LogP contribution in [-0.4, -0.2) is 49.2 Å². The third-order valence-corrected chi connectivity index (χ3v) is 5.02. The highest BCUT2D eigenvalue weighted by atomic mass is 32.2. The highest BCUT2D eigenvalue weighted by molar-refractivity contribution is 7.98. The normalized spacial score (nSPS) is 17.6. The van der Waals surface area contributed by atoms with Gasteiger partial charge in [0.25, 0.3) is 0 Å². The third-order valence-electron chi connectivity index (χ3n) is 4.20. The number of nitrogens with one attached hydrogen (secondary N) is 2. The Labute approximate surface area is 149 Å². The van der Waals surface area contributed by atoms with Gasteiger partial charge in [-0.15, -0.1) is 11.8 Å². The molecule has 1 heterocycles. The van der Waals surface area contributed by atoms with Gasteiger partial charge < -0.3 is 20.5 Å². The molecule has 0 aromatic heterocycles. The summed E-state index contributed by atoms with van der Waals surface area (Å²) >= 11 is 1.75.